The second kappa shape index (κ2) is 8.50. The molecule has 0 spiro atoms. The largest absolute Gasteiger partial charge is 0.573 e. The Hall–Kier alpha value is -2.11. The van der Waals surface area contributed by atoms with Gasteiger partial charge in [-0.15, -0.1) is 13.2 Å². The fourth-order valence-corrected chi connectivity index (χ4v) is 3.88. The minimum Gasteiger partial charge on any atom is -0.399 e. The molecule has 0 radical (unpaired) electrons. The second-order valence-corrected chi connectivity index (χ2v) is 7.40. The summed E-state index contributed by atoms with van der Waals surface area (Å²) < 4.78 is 68.3. The van der Waals surface area contributed by atoms with Gasteiger partial charge in [0.2, 0.25) is 5.75 Å². The Balaban J connectivity index is 1.79. The number of aryl methyl sites for hydroxylation is 1. The van der Waals surface area contributed by atoms with Gasteiger partial charge in [-0.3, -0.25) is 0 Å². The number of unbranched alkanes of at least 4 members (excludes halogenated alkanes) is 2. The Labute approximate surface area is 161 Å². The van der Waals surface area contributed by atoms with Crippen LogP contribution in [-0.4, -0.2) is 6.36 Å². The quantitative estimate of drug-likeness (QED) is 0.369. The molecule has 0 heterocycles. The summed E-state index contributed by atoms with van der Waals surface area (Å²) in [5, 5.41) is 0. The molecule has 6 heteroatoms. The van der Waals surface area contributed by atoms with E-state index < -0.39 is 23.7 Å². The van der Waals surface area contributed by atoms with Crippen molar-refractivity contribution in [3.05, 3.63) is 53.1 Å². The lowest BCUT2D eigenvalue weighted by molar-refractivity contribution is -0.276. The van der Waals surface area contributed by atoms with Crippen LogP contribution in [0.25, 0.3) is 11.1 Å². The van der Waals surface area contributed by atoms with E-state index in [1.165, 1.54) is 31.2 Å². The molecule has 2 aromatic rings. The Morgan fingerprint density at radius 3 is 2.32 bits per heavy atom. The molecule has 28 heavy (non-hydrogen) atoms. The highest BCUT2D eigenvalue weighted by molar-refractivity contribution is 5.66. The third-order valence-electron chi connectivity index (χ3n) is 5.30. The molecule has 0 bridgehead atoms. The summed E-state index contributed by atoms with van der Waals surface area (Å²) in [5.41, 5.74) is 3.16. The van der Waals surface area contributed by atoms with Crippen LogP contribution in [0, 0.1) is 17.6 Å². The van der Waals surface area contributed by atoms with Crippen LogP contribution < -0.4 is 4.74 Å². The van der Waals surface area contributed by atoms with Crippen LogP contribution in [0.5, 0.6) is 5.75 Å². The van der Waals surface area contributed by atoms with Gasteiger partial charge in [0.1, 0.15) is 0 Å². The van der Waals surface area contributed by atoms with Crippen molar-refractivity contribution >= 4 is 0 Å². The minimum absolute atomic E-state index is 0.192. The van der Waals surface area contributed by atoms with Crippen molar-refractivity contribution in [1.29, 1.82) is 0 Å². The fourth-order valence-electron chi connectivity index (χ4n) is 3.88. The first-order valence-corrected chi connectivity index (χ1v) is 9.63. The molecular weight excluding hydrogens is 375 g/mol. The van der Waals surface area contributed by atoms with Crippen LogP contribution in [0.15, 0.2) is 30.3 Å². The van der Waals surface area contributed by atoms with Gasteiger partial charge in [0, 0.05) is 0 Å². The van der Waals surface area contributed by atoms with Crippen LogP contribution in [0.1, 0.15) is 50.2 Å². The topological polar surface area (TPSA) is 9.23 Å². The van der Waals surface area contributed by atoms with Crippen molar-refractivity contribution in [2.45, 2.75) is 58.2 Å². The molecule has 0 amide bonds. The zero-order valence-corrected chi connectivity index (χ0v) is 15.7. The molecule has 1 atom stereocenters. The predicted molar refractivity (Wildman–Crippen MR) is 98.1 cm³/mol. The highest BCUT2D eigenvalue weighted by Gasteiger charge is 2.34. The standard InChI is InChI=1S/C22H23F5O/c1-2-3-4-5-14-6-7-16-11-17(9-8-15(16)10-14)18-12-19(23)21(20(24)13-18)28-22(25,26)27/h8-9,11-14H,2-7,10H2,1H3. The molecule has 0 saturated heterocycles. The number of fused-ring (bicyclic) bond motifs is 1. The number of alkyl halides is 3. The van der Waals surface area contributed by atoms with E-state index in [2.05, 4.69) is 11.7 Å². The van der Waals surface area contributed by atoms with E-state index in [9.17, 15) is 22.0 Å². The highest BCUT2D eigenvalue weighted by atomic mass is 19.4. The monoisotopic (exact) mass is 398 g/mol. The van der Waals surface area contributed by atoms with Crippen molar-refractivity contribution in [3.63, 3.8) is 0 Å². The van der Waals surface area contributed by atoms with Crippen molar-refractivity contribution < 1.29 is 26.7 Å². The van der Waals surface area contributed by atoms with E-state index >= 15 is 0 Å². The van der Waals surface area contributed by atoms with E-state index in [0.29, 0.717) is 11.5 Å². The third kappa shape index (κ3) is 5.03. The average Bonchev–Trinajstić information content (AvgIpc) is 2.63. The first-order chi connectivity index (χ1) is 13.3. The van der Waals surface area contributed by atoms with Crippen molar-refractivity contribution in [1.82, 2.24) is 0 Å². The lowest BCUT2D eigenvalue weighted by Crippen LogP contribution is -2.19. The van der Waals surface area contributed by atoms with Gasteiger partial charge in [-0.2, -0.15) is 0 Å². The molecule has 1 unspecified atom stereocenters. The molecule has 1 aliphatic rings. The number of rotatable bonds is 6. The van der Waals surface area contributed by atoms with Crippen molar-refractivity contribution in [3.8, 4) is 16.9 Å². The molecule has 0 aliphatic heterocycles. The molecule has 0 fully saturated rings. The Bertz CT molecular complexity index is 805. The normalized spacial score (nSPS) is 16.7. The van der Waals surface area contributed by atoms with Gasteiger partial charge in [0.15, 0.2) is 11.6 Å². The van der Waals surface area contributed by atoms with Gasteiger partial charge < -0.3 is 4.74 Å². The lowest BCUT2D eigenvalue weighted by Gasteiger charge is -2.25. The number of hydrogen-bond acceptors (Lipinski definition) is 1. The maximum Gasteiger partial charge on any atom is 0.573 e. The Kier molecular flexibility index (Phi) is 6.26. The first-order valence-electron chi connectivity index (χ1n) is 9.63. The summed E-state index contributed by atoms with van der Waals surface area (Å²) in [5.74, 6) is -3.51. The number of ether oxygens (including phenoxy) is 1. The van der Waals surface area contributed by atoms with E-state index in [-0.39, 0.29) is 5.56 Å². The summed E-state index contributed by atoms with van der Waals surface area (Å²) >= 11 is 0. The fraction of sp³-hybridized carbons (Fsp3) is 0.455. The van der Waals surface area contributed by atoms with Gasteiger partial charge in [-0.05, 0) is 59.6 Å². The molecule has 1 aliphatic carbocycles. The SMILES string of the molecule is CCCCCC1CCc2cc(-c3cc(F)c(OC(F)(F)F)c(F)c3)ccc2C1. The minimum atomic E-state index is -5.15. The molecule has 1 nitrogen and oxygen atoms in total. The van der Waals surface area contributed by atoms with E-state index in [1.807, 2.05) is 12.1 Å². The van der Waals surface area contributed by atoms with E-state index in [4.69, 9.17) is 0 Å². The zero-order chi connectivity index (χ0) is 20.3. The van der Waals surface area contributed by atoms with Crippen molar-refractivity contribution in [2.24, 2.45) is 5.92 Å². The molecule has 0 saturated carbocycles. The van der Waals surface area contributed by atoms with Gasteiger partial charge in [-0.25, -0.2) is 8.78 Å². The Morgan fingerprint density at radius 2 is 1.68 bits per heavy atom. The molecular formula is C22H23F5O. The van der Waals surface area contributed by atoms with Crippen LogP contribution in [-0.2, 0) is 12.8 Å². The maximum atomic E-state index is 14.0. The van der Waals surface area contributed by atoms with Crippen LogP contribution in [0.4, 0.5) is 22.0 Å². The van der Waals surface area contributed by atoms with E-state index in [0.717, 1.165) is 37.0 Å². The summed E-state index contributed by atoms with van der Waals surface area (Å²) in [4.78, 5) is 0. The summed E-state index contributed by atoms with van der Waals surface area (Å²) in [6.45, 7) is 2.19. The van der Waals surface area contributed by atoms with Gasteiger partial charge in [-0.1, -0.05) is 50.8 Å². The van der Waals surface area contributed by atoms with Gasteiger partial charge >= 0.3 is 6.36 Å². The third-order valence-corrected chi connectivity index (χ3v) is 5.30. The molecule has 152 valence electrons. The first kappa shape index (κ1) is 20.6. The van der Waals surface area contributed by atoms with Crippen LogP contribution in [0.3, 0.4) is 0 Å². The maximum absolute atomic E-state index is 14.0. The van der Waals surface area contributed by atoms with Crippen LogP contribution >= 0.6 is 0 Å². The smallest absolute Gasteiger partial charge is 0.399 e. The molecule has 0 aromatic heterocycles. The second-order valence-electron chi connectivity index (χ2n) is 7.40. The zero-order valence-electron chi connectivity index (χ0n) is 15.7. The highest BCUT2D eigenvalue weighted by Crippen LogP contribution is 2.35. The molecule has 2 aromatic carbocycles. The summed E-state index contributed by atoms with van der Waals surface area (Å²) in [7, 11) is 0. The number of benzene rings is 2. The Morgan fingerprint density at radius 1 is 0.964 bits per heavy atom. The average molecular weight is 398 g/mol. The lowest BCUT2D eigenvalue weighted by atomic mass is 9.80. The van der Waals surface area contributed by atoms with Crippen molar-refractivity contribution in [2.75, 3.05) is 0 Å². The summed E-state index contributed by atoms with van der Waals surface area (Å²) in [6.07, 6.45) is 2.73. The molecule has 3 rings (SSSR count). The van der Waals surface area contributed by atoms with E-state index in [1.54, 1.807) is 6.07 Å². The molecule has 0 N–H and O–H groups in total. The van der Waals surface area contributed by atoms with Crippen LogP contribution in [0.2, 0.25) is 0 Å². The predicted octanol–water partition coefficient (Wildman–Crippen LogP) is 7.22. The van der Waals surface area contributed by atoms with Gasteiger partial charge in [0.25, 0.3) is 0 Å². The number of hydrogen-bond donors (Lipinski definition) is 0. The number of halogens is 5. The van der Waals surface area contributed by atoms with Gasteiger partial charge in [0.05, 0.1) is 0 Å². The summed E-state index contributed by atoms with van der Waals surface area (Å²) in [6, 6.07) is 7.37.